The van der Waals surface area contributed by atoms with E-state index in [4.69, 9.17) is 10.5 Å². The molecule has 1 atom stereocenters. The maximum atomic E-state index is 12.4. The number of nitrogens with two attached hydrogens (primary N) is 1. The van der Waals surface area contributed by atoms with Crippen LogP contribution in [0.1, 0.15) is 30.7 Å². The summed E-state index contributed by atoms with van der Waals surface area (Å²) >= 11 is 1.48. The minimum Gasteiger partial charge on any atom is -0.491 e. The summed E-state index contributed by atoms with van der Waals surface area (Å²) < 4.78 is 5.51. The molecule has 3 amide bonds. The largest absolute Gasteiger partial charge is 0.491 e. The van der Waals surface area contributed by atoms with E-state index in [2.05, 4.69) is 10.6 Å². The van der Waals surface area contributed by atoms with Crippen LogP contribution in [0.3, 0.4) is 0 Å². The maximum Gasteiger partial charge on any atom is 0.226 e. The van der Waals surface area contributed by atoms with E-state index in [1.165, 1.54) is 18.3 Å². The molecule has 0 saturated carbocycles. The SMILES string of the molecule is CC(=O)NC(CC(=O)Nc1ccccc1OCCC(N)=O)c1cccs1. The highest BCUT2D eigenvalue weighted by Gasteiger charge is 2.19. The van der Waals surface area contributed by atoms with Gasteiger partial charge in [-0.15, -0.1) is 11.3 Å². The van der Waals surface area contributed by atoms with Gasteiger partial charge < -0.3 is 21.1 Å². The van der Waals surface area contributed by atoms with Gasteiger partial charge in [0, 0.05) is 11.8 Å². The zero-order chi connectivity index (χ0) is 18.9. The highest BCUT2D eigenvalue weighted by Crippen LogP contribution is 2.26. The smallest absolute Gasteiger partial charge is 0.226 e. The second-order valence-electron chi connectivity index (χ2n) is 5.58. The van der Waals surface area contributed by atoms with Crippen molar-refractivity contribution in [1.82, 2.24) is 5.32 Å². The number of hydrogen-bond donors (Lipinski definition) is 3. The Kier molecular flexibility index (Phi) is 7.16. The first kappa shape index (κ1) is 19.5. The molecule has 7 nitrogen and oxygen atoms in total. The van der Waals surface area contributed by atoms with Crippen molar-refractivity contribution in [2.45, 2.75) is 25.8 Å². The summed E-state index contributed by atoms with van der Waals surface area (Å²) in [4.78, 5) is 35.6. The molecular formula is C18H21N3O4S. The van der Waals surface area contributed by atoms with Crippen LogP contribution in [0.25, 0.3) is 0 Å². The van der Waals surface area contributed by atoms with E-state index in [1.807, 2.05) is 17.5 Å². The highest BCUT2D eigenvalue weighted by molar-refractivity contribution is 7.10. The van der Waals surface area contributed by atoms with E-state index >= 15 is 0 Å². The lowest BCUT2D eigenvalue weighted by Crippen LogP contribution is -2.29. The van der Waals surface area contributed by atoms with Gasteiger partial charge in [-0.25, -0.2) is 0 Å². The molecule has 0 aliphatic rings. The fourth-order valence-electron chi connectivity index (χ4n) is 2.30. The zero-order valence-electron chi connectivity index (χ0n) is 14.4. The fourth-order valence-corrected chi connectivity index (χ4v) is 3.08. The first-order chi connectivity index (χ1) is 12.5. The van der Waals surface area contributed by atoms with Gasteiger partial charge in [-0.2, -0.15) is 0 Å². The van der Waals surface area contributed by atoms with Gasteiger partial charge in [-0.3, -0.25) is 14.4 Å². The van der Waals surface area contributed by atoms with E-state index in [-0.39, 0.29) is 31.3 Å². The Morgan fingerprint density at radius 1 is 1.19 bits per heavy atom. The van der Waals surface area contributed by atoms with Gasteiger partial charge in [-0.1, -0.05) is 18.2 Å². The van der Waals surface area contributed by atoms with Crippen LogP contribution in [0, 0.1) is 0 Å². The van der Waals surface area contributed by atoms with E-state index < -0.39 is 11.9 Å². The van der Waals surface area contributed by atoms with Crippen LogP contribution in [0.4, 0.5) is 5.69 Å². The summed E-state index contributed by atoms with van der Waals surface area (Å²) in [6.07, 6.45) is 0.182. The summed E-state index contributed by atoms with van der Waals surface area (Å²) in [6.45, 7) is 1.55. The molecule has 2 rings (SSSR count). The summed E-state index contributed by atoms with van der Waals surface area (Å²) in [5, 5.41) is 7.47. The first-order valence-corrected chi connectivity index (χ1v) is 8.94. The third-order valence-corrected chi connectivity index (χ3v) is 4.41. The molecule has 8 heteroatoms. The van der Waals surface area contributed by atoms with E-state index in [0.717, 1.165) is 4.88 Å². The molecule has 1 unspecified atom stereocenters. The van der Waals surface area contributed by atoms with Crippen molar-refractivity contribution in [2.75, 3.05) is 11.9 Å². The minimum atomic E-state index is -0.458. The minimum absolute atomic E-state index is 0.0886. The number of carbonyl (C=O) groups excluding carboxylic acids is 3. The lowest BCUT2D eigenvalue weighted by atomic mass is 10.1. The Bertz CT molecular complexity index is 762. The molecule has 2 aromatic rings. The number of benzene rings is 1. The van der Waals surface area contributed by atoms with Crippen LogP contribution in [-0.2, 0) is 14.4 Å². The van der Waals surface area contributed by atoms with Crippen LogP contribution in [0.5, 0.6) is 5.75 Å². The quantitative estimate of drug-likeness (QED) is 0.624. The molecule has 0 aliphatic carbocycles. The van der Waals surface area contributed by atoms with E-state index in [9.17, 15) is 14.4 Å². The predicted octanol–water partition coefficient (Wildman–Crippen LogP) is 2.21. The number of para-hydroxylation sites is 2. The second-order valence-corrected chi connectivity index (χ2v) is 6.56. The van der Waals surface area contributed by atoms with E-state index in [0.29, 0.717) is 11.4 Å². The average molecular weight is 375 g/mol. The third-order valence-electron chi connectivity index (χ3n) is 3.42. The molecule has 1 aromatic carbocycles. The summed E-state index contributed by atoms with van der Waals surface area (Å²) in [6, 6.07) is 10.3. The Morgan fingerprint density at radius 2 is 1.96 bits per heavy atom. The Morgan fingerprint density at radius 3 is 2.62 bits per heavy atom. The van der Waals surface area contributed by atoms with Gasteiger partial charge >= 0.3 is 0 Å². The van der Waals surface area contributed by atoms with Crippen molar-refractivity contribution >= 4 is 34.7 Å². The lowest BCUT2D eigenvalue weighted by molar-refractivity contribution is -0.121. The molecule has 1 heterocycles. The molecule has 1 aromatic heterocycles. The summed E-state index contributed by atoms with van der Waals surface area (Å²) in [7, 11) is 0. The normalized spacial score (nSPS) is 11.4. The molecule has 0 saturated heterocycles. The topological polar surface area (TPSA) is 111 Å². The molecule has 4 N–H and O–H groups in total. The summed E-state index contributed by atoms with van der Waals surface area (Å²) in [5.41, 5.74) is 5.59. The van der Waals surface area contributed by atoms with Crippen LogP contribution < -0.4 is 21.1 Å². The molecule has 0 spiro atoms. The van der Waals surface area contributed by atoms with Gasteiger partial charge in [0.05, 0.1) is 31.2 Å². The fraction of sp³-hybridized carbons (Fsp3) is 0.278. The maximum absolute atomic E-state index is 12.4. The highest BCUT2D eigenvalue weighted by atomic mass is 32.1. The average Bonchev–Trinajstić information content (AvgIpc) is 3.09. The van der Waals surface area contributed by atoms with E-state index in [1.54, 1.807) is 24.3 Å². The molecule has 26 heavy (non-hydrogen) atoms. The molecular weight excluding hydrogens is 354 g/mol. The Balaban J connectivity index is 2.02. The van der Waals surface area contributed by atoms with Gasteiger partial charge in [-0.05, 0) is 23.6 Å². The second kappa shape index (κ2) is 9.57. The van der Waals surface area contributed by atoms with Crippen molar-refractivity contribution in [2.24, 2.45) is 5.73 Å². The number of rotatable bonds is 9. The van der Waals surface area contributed by atoms with Crippen LogP contribution >= 0.6 is 11.3 Å². The van der Waals surface area contributed by atoms with Crippen molar-refractivity contribution in [1.29, 1.82) is 0 Å². The first-order valence-electron chi connectivity index (χ1n) is 8.06. The van der Waals surface area contributed by atoms with Crippen molar-refractivity contribution in [3.8, 4) is 5.75 Å². The van der Waals surface area contributed by atoms with Gasteiger partial charge in [0.1, 0.15) is 5.75 Å². The molecule has 0 aliphatic heterocycles. The standard InChI is InChI=1S/C18H21N3O4S/c1-12(22)20-14(16-7-4-10-26-16)11-18(24)21-13-5-2-3-6-15(13)25-9-8-17(19)23/h2-7,10,14H,8-9,11H2,1H3,(H2,19,23)(H,20,22)(H,21,24). The lowest BCUT2D eigenvalue weighted by Gasteiger charge is -2.17. The predicted molar refractivity (Wildman–Crippen MR) is 99.9 cm³/mol. The molecule has 0 bridgehead atoms. The number of carbonyl (C=O) groups is 3. The van der Waals surface area contributed by atoms with Gasteiger partial charge in [0.25, 0.3) is 0 Å². The van der Waals surface area contributed by atoms with Crippen LogP contribution in [-0.4, -0.2) is 24.3 Å². The third kappa shape index (κ3) is 6.21. The number of primary amides is 1. The Hall–Kier alpha value is -2.87. The number of nitrogens with one attached hydrogen (secondary N) is 2. The van der Waals surface area contributed by atoms with Gasteiger partial charge in [0.2, 0.25) is 17.7 Å². The molecule has 0 fully saturated rings. The number of amides is 3. The van der Waals surface area contributed by atoms with Crippen LogP contribution in [0.15, 0.2) is 41.8 Å². The van der Waals surface area contributed by atoms with Crippen molar-refractivity contribution < 1.29 is 19.1 Å². The van der Waals surface area contributed by atoms with Crippen molar-refractivity contribution in [3.63, 3.8) is 0 Å². The summed E-state index contributed by atoms with van der Waals surface area (Å²) in [5.74, 6) is -0.468. The van der Waals surface area contributed by atoms with Gasteiger partial charge in [0.15, 0.2) is 0 Å². The number of thiophene rings is 1. The number of anilines is 1. The Labute approximate surface area is 155 Å². The molecule has 138 valence electrons. The number of hydrogen-bond acceptors (Lipinski definition) is 5. The zero-order valence-corrected chi connectivity index (χ0v) is 15.2. The van der Waals surface area contributed by atoms with Crippen LogP contribution in [0.2, 0.25) is 0 Å². The van der Waals surface area contributed by atoms with Crippen molar-refractivity contribution in [3.05, 3.63) is 46.7 Å². The molecule has 0 radical (unpaired) electrons. The monoisotopic (exact) mass is 375 g/mol. The number of ether oxygens (including phenoxy) is 1.